The van der Waals surface area contributed by atoms with Crippen molar-refractivity contribution >= 4 is 27.2 Å². The predicted molar refractivity (Wildman–Crippen MR) is 122 cm³/mol. The first-order valence-corrected chi connectivity index (χ1v) is 11.1. The topological polar surface area (TPSA) is 76.2 Å². The van der Waals surface area contributed by atoms with E-state index in [-0.39, 0.29) is 18.0 Å². The Balaban J connectivity index is 2.16. The number of carbonyl (C=O) groups is 1. The van der Waals surface area contributed by atoms with E-state index in [9.17, 15) is 13.2 Å². The van der Waals surface area contributed by atoms with Crippen LogP contribution in [0.15, 0.2) is 60.0 Å². The third-order valence-electron chi connectivity index (χ3n) is 5.16. The molecule has 0 N–H and O–H groups in total. The molecule has 0 bridgehead atoms. The SMILES string of the molecule is C=CCN1c2cc(OC)c(OC)cc2C(C)=C(C(=O)N(C)Cc2ccccc2)S1(=O)=O. The van der Waals surface area contributed by atoms with Gasteiger partial charge in [0.15, 0.2) is 16.4 Å². The van der Waals surface area contributed by atoms with E-state index in [1.165, 1.54) is 29.5 Å². The molecular weight excluding hydrogens is 416 g/mol. The van der Waals surface area contributed by atoms with Gasteiger partial charge in [-0.15, -0.1) is 6.58 Å². The molecule has 2 aromatic rings. The van der Waals surface area contributed by atoms with Crippen LogP contribution in [0.1, 0.15) is 18.1 Å². The fourth-order valence-corrected chi connectivity index (χ4v) is 5.42. The molecule has 1 amide bonds. The molecule has 0 saturated carbocycles. The molecule has 0 unspecified atom stereocenters. The number of carbonyl (C=O) groups excluding carboxylic acids is 1. The summed E-state index contributed by atoms with van der Waals surface area (Å²) in [6.45, 7) is 5.61. The summed E-state index contributed by atoms with van der Waals surface area (Å²) < 4.78 is 39.0. The summed E-state index contributed by atoms with van der Waals surface area (Å²) in [5, 5.41) is 0. The van der Waals surface area contributed by atoms with E-state index in [0.29, 0.717) is 28.3 Å². The highest BCUT2D eigenvalue weighted by atomic mass is 32.2. The highest BCUT2D eigenvalue weighted by Gasteiger charge is 2.40. The third kappa shape index (κ3) is 4.03. The van der Waals surface area contributed by atoms with Crippen molar-refractivity contribution in [1.82, 2.24) is 4.90 Å². The van der Waals surface area contributed by atoms with Crippen LogP contribution >= 0.6 is 0 Å². The molecule has 3 rings (SSSR count). The van der Waals surface area contributed by atoms with Crippen molar-refractivity contribution < 1.29 is 22.7 Å². The lowest BCUT2D eigenvalue weighted by Gasteiger charge is -2.33. The van der Waals surface area contributed by atoms with Gasteiger partial charge < -0.3 is 14.4 Å². The second-order valence-electron chi connectivity index (χ2n) is 7.15. The zero-order chi connectivity index (χ0) is 22.8. The number of fused-ring (bicyclic) bond motifs is 1. The molecule has 1 aliphatic heterocycles. The lowest BCUT2D eigenvalue weighted by Crippen LogP contribution is -2.41. The molecule has 31 heavy (non-hydrogen) atoms. The van der Waals surface area contributed by atoms with E-state index in [2.05, 4.69) is 6.58 Å². The van der Waals surface area contributed by atoms with Crippen LogP contribution in [0.4, 0.5) is 5.69 Å². The van der Waals surface area contributed by atoms with Crippen LogP contribution in [0, 0.1) is 0 Å². The number of amides is 1. The second-order valence-corrected chi connectivity index (χ2v) is 8.95. The Morgan fingerprint density at radius 1 is 1.13 bits per heavy atom. The minimum Gasteiger partial charge on any atom is -0.493 e. The summed E-state index contributed by atoms with van der Waals surface area (Å²) in [6, 6.07) is 12.7. The Hall–Kier alpha value is -3.26. The van der Waals surface area contributed by atoms with Crippen LogP contribution in [0.5, 0.6) is 11.5 Å². The van der Waals surface area contributed by atoms with Gasteiger partial charge in [-0.3, -0.25) is 9.10 Å². The van der Waals surface area contributed by atoms with Crippen molar-refractivity contribution in [2.45, 2.75) is 13.5 Å². The molecule has 0 atom stereocenters. The van der Waals surface area contributed by atoms with E-state index in [4.69, 9.17) is 9.47 Å². The zero-order valence-electron chi connectivity index (χ0n) is 18.1. The van der Waals surface area contributed by atoms with Gasteiger partial charge >= 0.3 is 0 Å². The molecule has 0 fully saturated rings. The number of sulfonamides is 1. The standard InChI is InChI=1S/C23H26N2O5S/c1-6-12-25-19-14-21(30-5)20(29-4)13-18(19)16(2)22(31(25,27)28)23(26)24(3)15-17-10-8-7-9-11-17/h6-11,13-14H,1,12,15H2,2-5H3. The van der Waals surface area contributed by atoms with Crippen molar-refractivity contribution in [3.05, 3.63) is 71.2 Å². The molecular formula is C23H26N2O5S. The van der Waals surface area contributed by atoms with Gasteiger partial charge in [-0.1, -0.05) is 36.4 Å². The summed E-state index contributed by atoms with van der Waals surface area (Å²) in [4.78, 5) is 14.5. The van der Waals surface area contributed by atoms with Gasteiger partial charge in [0.2, 0.25) is 0 Å². The Labute approximate surface area is 183 Å². The maximum atomic E-state index is 13.5. The first-order valence-electron chi connectivity index (χ1n) is 9.66. The minimum absolute atomic E-state index is 0.0112. The van der Waals surface area contributed by atoms with E-state index in [1.54, 1.807) is 26.1 Å². The molecule has 7 nitrogen and oxygen atoms in total. The fourth-order valence-electron chi connectivity index (χ4n) is 3.62. The summed E-state index contributed by atoms with van der Waals surface area (Å²) in [5.41, 5.74) is 2.27. The smallest absolute Gasteiger partial charge is 0.270 e. The Bertz CT molecular complexity index is 1140. The molecule has 0 aromatic heterocycles. The van der Waals surface area contributed by atoms with Crippen molar-refractivity contribution in [2.75, 3.05) is 32.1 Å². The summed E-state index contributed by atoms with van der Waals surface area (Å²) in [7, 11) is 0.460. The highest BCUT2D eigenvalue weighted by Crippen LogP contribution is 2.45. The van der Waals surface area contributed by atoms with Crippen LogP contribution in [0.3, 0.4) is 0 Å². The number of benzene rings is 2. The van der Waals surface area contributed by atoms with Gasteiger partial charge in [-0.25, -0.2) is 8.42 Å². The Kier molecular flexibility index (Phi) is 6.40. The van der Waals surface area contributed by atoms with Crippen LogP contribution in [0.25, 0.3) is 5.57 Å². The number of anilines is 1. The minimum atomic E-state index is -4.12. The zero-order valence-corrected chi connectivity index (χ0v) is 18.9. The monoisotopic (exact) mass is 442 g/mol. The molecule has 0 saturated heterocycles. The number of nitrogens with zero attached hydrogens (tertiary/aromatic N) is 2. The van der Waals surface area contributed by atoms with E-state index >= 15 is 0 Å². The van der Waals surface area contributed by atoms with Gasteiger partial charge in [0, 0.05) is 25.2 Å². The van der Waals surface area contributed by atoms with Crippen molar-refractivity contribution in [1.29, 1.82) is 0 Å². The first-order chi connectivity index (χ1) is 14.8. The molecule has 0 aliphatic carbocycles. The van der Waals surface area contributed by atoms with Gasteiger partial charge in [0.25, 0.3) is 15.9 Å². The molecule has 2 aromatic carbocycles. The van der Waals surface area contributed by atoms with Crippen LogP contribution in [-0.4, -0.2) is 47.0 Å². The molecule has 0 radical (unpaired) electrons. The van der Waals surface area contributed by atoms with Gasteiger partial charge in [0.1, 0.15) is 0 Å². The van der Waals surface area contributed by atoms with E-state index < -0.39 is 15.9 Å². The number of ether oxygens (including phenoxy) is 2. The third-order valence-corrected chi connectivity index (χ3v) is 7.08. The maximum Gasteiger partial charge on any atom is 0.270 e. The number of hydrogen-bond donors (Lipinski definition) is 0. The quantitative estimate of drug-likeness (QED) is 0.614. The number of likely N-dealkylation sites (N-methyl/N-ethyl adjacent to an activating group) is 1. The molecule has 164 valence electrons. The number of hydrogen-bond acceptors (Lipinski definition) is 5. The van der Waals surface area contributed by atoms with Gasteiger partial charge in [-0.05, 0) is 24.1 Å². The number of allylic oxidation sites excluding steroid dienone is 1. The van der Waals surface area contributed by atoms with Crippen LogP contribution < -0.4 is 13.8 Å². The lowest BCUT2D eigenvalue weighted by molar-refractivity contribution is -0.125. The van der Waals surface area contributed by atoms with Crippen molar-refractivity contribution in [2.24, 2.45) is 0 Å². The van der Waals surface area contributed by atoms with E-state index in [1.807, 2.05) is 30.3 Å². The first kappa shape index (κ1) is 22.4. The largest absolute Gasteiger partial charge is 0.493 e. The normalized spacial score (nSPS) is 14.6. The Morgan fingerprint density at radius 2 is 1.74 bits per heavy atom. The fraction of sp³-hybridized carbons (Fsp3) is 0.261. The summed E-state index contributed by atoms with van der Waals surface area (Å²) >= 11 is 0. The van der Waals surface area contributed by atoms with Crippen LogP contribution in [-0.2, 0) is 21.4 Å². The molecule has 0 spiro atoms. The van der Waals surface area contributed by atoms with Crippen molar-refractivity contribution in [3.8, 4) is 11.5 Å². The number of methoxy groups -OCH3 is 2. The highest BCUT2D eigenvalue weighted by molar-refractivity contribution is 7.97. The average molecular weight is 443 g/mol. The number of rotatable bonds is 7. The summed E-state index contributed by atoms with van der Waals surface area (Å²) in [6.07, 6.45) is 1.48. The van der Waals surface area contributed by atoms with Crippen LogP contribution in [0.2, 0.25) is 0 Å². The maximum absolute atomic E-state index is 13.5. The van der Waals surface area contributed by atoms with Crippen molar-refractivity contribution in [3.63, 3.8) is 0 Å². The average Bonchev–Trinajstić information content (AvgIpc) is 2.76. The van der Waals surface area contributed by atoms with Gasteiger partial charge in [-0.2, -0.15) is 0 Å². The molecule has 8 heteroatoms. The Morgan fingerprint density at radius 3 is 2.32 bits per heavy atom. The summed E-state index contributed by atoms with van der Waals surface area (Å²) in [5.74, 6) is 0.271. The van der Waals surface area contributed by atoms with E-state index in [0.717, 1.165) is 5.56 Å². The predicted octanol–water partition coefficient (Wildman–Crippen LogP) is 3.43. The second kappa shape index (κ2) is 8.85. The molecule has 1 aliphatic rings. The van der Waals surface area contributed by atoms with Gasteiger partial charge in [0.05, 0.1) is 26.5 Å². The molecule has 1 heterocycles. The lowest BCUT2D eigenvalue weighted by atomic mass is 10.0.